The molecule has 22 heavy (non-hydrogen) atoms. The van der Waals surface area contributed by atoms with Crippen molar-refractivity contribution in [3.63, 3.8) is 0 Å². The monoisotopic (exact) mass is 330 g/mol. The molecule has 126 valence electrons. The third-order valence-corrected chi connectivity index (χ3v) is 6.14. The van der Waals surface area contributed by atoms with Crippen molar-refractivity contribution in [2.45, 2.75) is 46.1 Å². The van der Waals surface area contributed by atoms with Gasteiger partial charge in [0.25, 0.3) is 0 Å². The molecule has 1 unspecified atom stereocenters. The van der Waals surface area contributed by atoms with Gasteiger partial charge in [-0.2, -0.15) is 0 Å². The highest BCUT2D eigenvalue weighted by molar-refractivity contribution is 7.91. The molecule has 0 aromatic heterocycles. The molecule has 2 aliphatic rings. The SMILES string of the molecule is CC(C)(C)C(=O)N1CCC(C(=O)NC2CCS(=O)(=O)C2)CC1. The standard InChI is InChI=1S/C15H26N2O4S/c1-15(2,3)14(19)17-7-4-11(5-8-17)13(18)16-12-6-9-22(20,21)10-12/h11-12H,4-10H2,1-3H3,(H,16,18). The number of carbonyl (C=O) groups excluding carboxylic acids is 2. The lowest BCUT2D eigenvalue weighted by Crippen LogP contribution is -2.48. The van der Waals surface area contributed by atoms with E-state index in [0.717, 1.165) is 0 Å². The van der Waals surface area contributed by atoms with Crippen LogP contribution in [-0.4, -0.2) is 55.8 Å². The molecule has 0 saturated carbocycles. The number of amides is 2. The molecule has 0 aromatic carbocycles. The van der Waals surface area contributed by atoms with Gasteiger partial charge in [0.1, 0.15) is 0 Å². The molecular weight excluding hydrogens is 304 g/mol. The predicted octanol–water partition coefficient (Wildman–Crippen LogP) is 0.574. The Morgan fingerprint density at radius 1 is 1.09 bits per heavy atom. The zero-order chi connectivity index (χ0) is 16.5. The molecule has 0 aromatic rings. The predicted molar refractivity (Wildman–Crippen MR) is 84.0 cm³/mol. The minimum atomic E-state index is -2.98. The Kier molecular flexibility index (Phi) is 4.84. The van der Waals surface area contributed by atoms with Crippen molar-refractivity contribution in [3.8, 4) is 0 Å². The maximum Gasteiger partial charge on any atom is 0.227 e. The van der Waals surface area contributed by atoms with E-state index in [2.05, 4.69) is 5.32 Å². The Bertz CT molecular complexity index is 542. The van der Waals surface area contributed by atoms with Gasteiger partial charge in [0.2, 0.25) is 11.8 Å². The fraction of sp³-hybridized carbons (Fsp3) is 0.867. The van der Waals surface area contributed by atoms with Gasteiger partial charge in [-0.3, -0.25) is 9.59 Å². The van der Waals surface area contributed by atoms with Gasteiger partial charge in [-0.05, 0) is 19.3 Å². The third-order valence-electron chi connectivity index (χ3n) is 4.37. The Balaban J connectivity index is 1.82. The number of carbonyl (C=O) groups is 2. The number of likely N-dealkylation sites (tertiary alicyclic amines) is 1. The molecule has 2 fully saturated rings. The summed E-state index contributed by atoms with van der Waals surface area (Å²) in [6.45, 7) is 6.88. The molecular formula is C15H26N2O4S. The van der Waals surface area contributed by atoms with Crippen LogP contribution in [0.5, 0.6) is 0 Å². The summed E-state index contributed by atoms with van der Waals surface area (Å²) in [5.41, 5.74) is -0.396. The lowest BCUT2D eigenvalue weighted by atomic mass is 9.90. The van der Waals surface area contributed by atoms with Crippen molar-refractivity contribution in [1.29, 1.82) is 0 Å². The molecule has 0 bridgehead atoms. The second kappa shape index (κ2) is 6.18. The first-order chi connectivity index (χ1) is 10.1. The Hall–Kier alpha value is -1.11. The van der Waals surface area contributed by atoms with E-state index in [4.69, 9.17) is 0 Å². The van der Waals surface area contributed by atoms with Gasteiger partial charge in [-0.15, -0.1) is 0 Å². The van der Waals surface area contributed by atoms with E-state index in [1.165, 1.54) is 0 Å². The van der Waals surface area contributed by atoms with E-state index in [-0.39, 0.29) is 35.3 Å². The summed E-state index contributed by atoms with van der Waals surface area (Å²) < 4.78 is 22.8. The Morgan fingerprint density at radius 3 is 2.14 bits per heavy atom. The summed E-state index contributed by atoms with van der Waals surface area (Å²) in [5.74, 6) is 0.154. The van der Waals surface area contributed by atoms with Gasteiger partial charge in [-0.1, -0.05) is 20.8 Å². The molecule has 1 N–H and O–H groups in total. The van der Waals surface area contributed by atoms with E-state index in [1.54, 1.807) is 0 Å². The van der Waals surface area contributed by atoms with Gasteiger partial charge in [-0.25, -0.2) is 8.42 Å². The topological polar surface area (TPSA) is 83.6 Å². The summed E-state index contributed by atoms with van der Waals surface area (Å²) in [4.78, 5) is 26.3. The second-order valence-corrected chi connectivity index (χ2v) is 9.65. The molecule has 0 radical (unpaired) electrons. The lowest BCUT2D eigenvalue weighted by molar-refractivity contribution is -0.142. The maximum atomic E-state index is 12.2. The van der Waals surface area contributed by atoms with Crippen LogP contribution in [0.1, 0.15) is 40.0 Å². The van der Waals surface area contributed by atoms with Crippen molar-refractivity contribution < 1.29 is 18.0 Å². The van der Waals surface area contributed by atoms with Crippen molar-refractivity contribution in [1.82, 2.24) is 10.2 Å². The fourth-order valence-corrected chi connectivity index (χ4v) is 4.72. The minimum absolute atomic E-state index is 0.0556. The summed E-state index contributed by atoms with van der Waals surface area (Å²) >= 11 is 0. The van der Waals surface area contributed by atoms with E-state index >= 15 is 0 Å². The molecule has 0 spiro atoms. The number of hydrogen-bond acceptors (Lipinski definition) is 4. The van der Waals surface area contributed by atoms with Crippen LogP contribution in [0.4, 0.5) is 0 Å². The van der Waals surface area contributed by atoms with Gasteiger partial charge in [0, 0.05) is 30.5 Å². The van der Waals surface area contributed by atoms with E-state index in [9.17, 15) is 18.0 Å². The van der Waals surface area contributed by atoms with Crippen LogP contribution in [0.15, 0.2) is 0 Å². The number of sulfone groups is 1. The minimum Gasteiger partial charge on any atom is -0.352 e. The molecule has 2 heterocycles. The number of hydrogen-bond donors (Lipinski definition) is 1. The van der Waals surface area contributed by atoms with Crippen molar-refractivity contribution in [2.75, 3.05) is 24.6 Å². The molecule has 1 atom stereocenters. The molecule has 7 heteroatoms. The Morgan fingerprint density at radius 2 is 1.68 bits per heavy atom. The Labute approximate surface area is 132 Å². The molecule has 6 nitrogen and oxygen atoms in total. The van der Waals surface area contributed by atoms with Crippen LogP contribution in [0.3, 0.4) is 0 Å². The van der Waals surface area contributed by atoms with Crippen molar-refractivity contribution in [2.24, 2.45) is 11.3 Å². The first-order valence-corrected chi connectivity index (χ1v) is 9.71. The average Bonchev–Trinajstić information content (AvgIpc) is 2.76. The lowest BCUT2D eigenvalue weighted by Gasteiger charge is -2.35. The van der Waals surface area contributed by atoms with Crippen LogP contribution in [0.2, 0.25) is 0 Å². The van der Waals surface area contributed by atoms with Gasteiger partial charge in [0.15, 0.2) is 9.84 Å². The molecule has 0 aliphatic carbocycles. The highest BCUT2D eigenvalue weighted by Gasteiger charge is 2.34. The smallest absolute Gasteiger partial charge is 0.227 e. The van der Waals surface area contributed by atoms with E-state index < -0.39 is 15.3 Å². The first-order valence-electron chi connectivity index (χ1n) is 7.89. The molecule has 2 aliphatic heterocycles. The number of nitrogens with one attached hydrogen (secondary N) is 1. The highest BCUT2D eigenvalue weighted by atomic mass is 32.2. The van der Waals surface area contributed by atoms with Crippen LogP contribution in [-0.2, 0) is 19.4 Å². The van der Waals surface area contributed by atoms with Crippen LogP contribution in [0.25, 0.3) is 0 Å². The summed E-state index contributed by atoms with van der Waals surface area (Å²) in [7, 11) is -2.98. The zero-order valence-electron chi connectivity index (χ0n) is 13.6. The van der Waals surface area contributed by atoms with Crippen molar-refractivity contribution >= 4 is 21.7 Å². The largest absolute Gasteiger partial charge is 0.352 e. The van der Waals surface area contributed by atoms with Crippen LogP contribution < -0.4 is 5.32 Å². The second-order valence-electron chi connectivity index (χ2n) is 7.43. The normalized spacial score (nSPS) is 26.0. The summed E-state index contributed by atoms with van der Waals surface area (Å²) in [5, 5.41) is 2.86. The van der Waals surface area contributed by atoms with E-state index in [1.807, 2.05) is 25.7 Å². The van der Waals surface area contributed by atoms with Crippen molar-refractivity contribution in [3.05, 3.63) is 0 Å². The van der Waals surface area contributed by atoms with Gasteiger partial charge in [0.05, 0.1) is 11.5 Å². The number of piperidine rings is 1. The third kappa shape index (κ3) is 4.21. The zero-order valence-corrected chi connectivity index (χ0v) is 14.4. The number of nitrogens with zero attached hydrogens (tertiary/aromatic N) is 1. The fourth-order valence-electron chi connectivity index (χ4n) is 3.05. The summed E-state index contributed by atoms with van der Waals surface area (Å²) in [6.07, 6.45) is 1.80. The first kappa shape index (κ1) is 17.2. The average molecular weight is 330 g/mol. The van der Waals surface area contributed by atoms with Crippen LogP contribution in [0, 0.1) is 11.3 Å². The quantitative estimate of drug-likeness (QED) is 0.802. The maximum absolute atomic E-state index is 12.2. The molecule has 2 amide bonds. The molecule has 2 rings (SSSR count). The summed E-state index contributed by atoms with van der Waals surface area (Å²) in [6, 6.07) is -0.244. The van der Waals surface area contributed by atoms with E-state index in [0.29, 0.717) is 32.4 Å². The van der Waals surface area contributed by atoms with Gasteiger partial charge >= 0.3 is 0 Å². The highest BCUT2D eigenvalue weighted by Crippen LogP contribution is 2.24. The molecule has 2 saturated heterocycles. The number of rotatable bonds is 2. The van der Waals surface area contributed by atoms with Gasteiger partial charge < -0.3 is 10.2 Å². The van der Waals surface area contributed by atoms with Crippen LogP contribution >= 0.6 is 0 Å².